The van der Waals surface area contributed by atoms with Crippen LogP contribution in [0.4, 0.5) is 11.4 Å². The second-order valence-electron chi connectivity index (χ2n) is 4.82. The Morgan fingerprint density at radius 2 is 2.16 bits per heavy atom. The molecule has 1 atom stereocenters. The number of hydrogen-bond acceptors (Lipinski definition) is 4. The minimum Gasteiger partial charge on any atom is -0.397 e. The van der Waals surface area contributed by atoms with E-state index in [2.05, 4.69) is 5.32 Å². The molecule has 0 saturated heterocycles. The summed E-state index contributed by atoms with van der Waals surface area (Å²) >= 11 is 0. The van der Waals surface area contributed by atoms with E-state index in [1.807, 2.05) is 32.0 Å². The summed E-state index contributed by atoms with van der Waals surface area (Å²) in [5, 5.41) is 2.92. The lowest BCUT2D eigenvalue weighted by Crippen LogP contribution is -2.33. The molecule has 5 heteroatoms. The summed E-state index contributed by atoms with van der Waals surface area (Å²) < 4.78 is 4.98. The topological polar surface area (TPSA) is 67.6 Å². The number of methoxy groups -OCH3 is 1. The van der Waals surface area contributed by atoms with E-state index in [1.54, 1.807) is 19.2 Å². The van der Waals surface area contributed by atoms with Gasteiger partial charge < -0.3 is 20.7 Å². The minimum atomic E-state index is -0.111. The number of nitrogens with two attached hydrogens (primary N) is 1. The van der Waals surface area contributed by atoms with Crippen molar-refractivity contribution in [1.29, 1.82) is 0 Å². The van der Waals surface area contributed by atoms with Crippen LogP contribution in [-0.4, -0.2) is 39.8 Å². The van der Waals surface area contributed by atoms with Crippen LogP contribution < -0.4 is 16.0 Å². The molecule has 0 spiro atoms. The number of nitrogens with zero attached hydrogens (tertiary/aromatic N) is 1. The van der Waals surface area contributed by atoms with Gasteiger partial charge in [-0.3, -0.25) is 4.79 Å². The molecular formula is C14H23N3O2. The number of rotatable bonds is 6. The number of carbonyl (C=O) groups excluding carboxylic acids is 1. The normalized spacial score (nSPS) is 12.0. The van der Waals surface area contributed by atoms with Crippen molar-refractivity contribution in [2.45, 2.75) is 19.4 Å². The van der Waals surface area contributed by atoms with Crippen molar-refractivity contribution < 1.29 is 9.53 Å². The predicted molar refractivity (Wildman–Crippen MR) is 78.6 cm³/mol. The van der Waals surface area contributed by atoms with Gasteiger partial charge in [0.25, 0.3) is 5.91 Å². The molecule has 5 nitrogen and oxygen atoms in total. The first-order valence-electron chi connectivity index (χ1n) is 6.32. The van der Waals surface area contributed by atoms with E-state index in [9.17, 15) is 4.79 Å². The van der Waals surface area contributed by atoms with E-state index in [0.29, 0.717) is 17.9 Å². The third kappa shape index (κ3) is 4.44. The van der Waals surface area contributed by atoms with Crippen molar-refractivity contribution in [3.05, 3.63) is 23.8 Å². The van der Waals surface area contributed by atoms with Gasteiger partial charge in [-0.05, 0) is 31.5 Å². The first-order valence-corrected chi connectivity index (χ1v) is 6.32. The summed E-state index contributed by atoms with van der Waals surface area (Å²) in [4.78, 5) is 13.9. The number of anilines is 2. The maximum Gasteiger partial charge on any atom is 0.251 e. The van der Waals surface area contributed by atoms with Gasteiger partial charge in [-0.25, -0.2) is 0 Å². The molecule has 0 bridgehead atoms. The Bertz CT molecular complexity index is 433. The monoisotopic (exact) mass is 265 g/mol. The fourth-order valence-corrected chi connectivity index (χ4v) is 1.78. The summed E-state index contributed by atoms with van der Waals surface area (Å²) in [6.07, 6.45) is 0.785. The minimum absolute atomic E-state index is 0.0715. The van der Waals surface area contributed by atoms with E-state index in [0.717, 1.165) is 12.1 Å². The maximum atomic E-state index is 12.0. The molecule has 0 heterocycles. The lowest BCUT2D eigenvalue weighted by atomic mass is 10.1. The van der Waals surface area contributed by atoms with E-state index in [4.69, 9.17) is 10.5 Å². The van der Waals surface area contributed by atoms with Crippen molar-refractivity contribution in [2.75, 3.05) is 38.4 Å². The Morgan fingerprint density at radius 1 is 1.47 bits per heavy atom. The van der Waals surface area contributed by atoms with Crippen LogP contribution in [0.2, 0.25) is 0 Å². The van der Waals surface area contributed by atoms with Gasteiger partial charge in [0.15, 0.2) is 0 Å². The van der Waals surface area contributed by atoms with E-state index in [-0.39, 0.29) is 11.9 Å². The lowest BCUT2D eigenvalue weighted by Gasteiger charge is -2.17. The lowest BCUT2D eigenvalue weighted by molar-refractivity contribution is 0.0929. The molecule has 1 aromatic rings. The zero-order chi connectivity index (χ0) is 14.4. The van der Waals surface area contributed by atoms with Crippen molar-refractivity contribution in [3.63, 3.8) is 0 Å². The van der Waals surface area contributed by atoms with Crippen molar-refractivity contribution in [1.82, 2.24) is 5.32 Å². The van der Waals surface area contributed by atoms with E-state index < -0.39 is 0 Å². The molecule has 1 rings (SSSR count). The number of nitrogens with one attached hydrogen (secondary N) is 1. The molecule has 0 saturated carbocycles. The fourth-order valence-electron chi connectivity index (χ4n) is 1.78. The van der Waals surface area contributed by atoms with Crippen LogP contribution in [0.3, 0.4) is 0 Å². The summed E-state index contributed by atoms with van der Waals surface area (Å²) in [6, 6.07) is 5.41. The number of ether oxygens (including phenoxy) is 1. The highest BCUT2D eigenvalue weighted by Gasteiger charge is 2.11. The molecule has 19 heavy (non-hydrogen) atoms. The molecule has 0 aliphatic carbocycles. The van der Waals surface area contributed by atoms with Crippen LogP contribution >= 0.6 is 0 Å². The van der Waals surface area contributed by atoms with Gasteiger partial charge in [0.2, 0.25) is 0 Å². The largest absolute Gasteiger partial charge is 0.397 e. The molecule has 0 radical (unpaired) electrons. The van der Waals surface area contributed by atoms with Gasteiger partial charge in [-0.15, -0.1) is 0 Å². The summed E-state index contributed by atoms with van der Waals surface area (Å²) in [5.41, 5.74) is 8.01. The van der Waals surface area contributed by atoms with E-state index in [1.165, 1.54) is 0 Å². The number of benzene rings is 1. The molecule has 0 fully saturated rings. The summed E-state index contributed by atoms with van der Waals surface area (Å²) in [5.74, 6) is -0.111. The summed E-state index contributed by atoms with van der Waals surface area (Å²) in [7, 11) is 5.48. The number of hydrogen-bond donors (Lipinski definition) is 2. The first kappa shape index (κ1) is 15.3. The molecule has 106 valence electrons. The van der Waals surface area contributed by atoms with Crippen LogP contribution in [0.5, 0.6) is 0 Å². The molecule has 0 aliphatic rings. The Hall–Kier alpha value is -1.75. The average Bonchev–Trinajstić information content (AvgIpc) is 2.35. The Balaban J connectivity index is 2.70. The van der Waals surface area contributed by atoms with Gasteiger partial charge in [-0.2, -0.15) is 0 Å². The maximum absolute atomic E-state index is 12.0. The van der Waals surface area contributed by atoms with Gasteiger partial charge in [-0.1, -0.05) is 0 Å². The Morgan fingerprint density at radius 3 is 2.68 bits per heavy atom. The third-order valence-corrected chi connectivity index (χ3v) is 2.90. The Kier molecular flexibility index (Phi) is 5.63. The van der Waals surface area contributed by atoms with Crippen LogP contribution in [-0.2, 0) is 4.74 Å². The molecule has 0 aromatic heterocycles. The molecule has 3 N–H and O–H groups in total. The summed E-state index contributed by atoms with van der Waals surface area (Å²) in [6.45, 7) is 2.58. The number of carbonyl (C=O) groups is 1. The van der Waals surface area contributed by atoms with E-state index >= 15 is 0 Å². The first-order chi connectivity index (χ1) is 8.95. The smallest absolute Gasteiger partial charge is 0.251 e. The van der Waals surface area contributed by atoms with Crippen LogP contribution in [0.1, 0.15) is 23.7 Å². The highest BCUT2D eigenvalue weighted by atomic mass is 16.5. The Labute approximate surface area is 114 Å². The quantitative estimate of drug-likeness (QED) is 0.765. The van der Waals surface area contributed by atoms with Gasteiger partial charge in [0.1, 0.15) is 0 Å². The second-order valence-corrected chi connectivity index (χ2v) is 4.82. The van der Waals surface area contributed by atoms with Gasteiger partial charge >= 0.3 is 0 Å². The zero-order valence-electron chi connectivity index (χ0n) is 12.1. The number of nitrogen functional groups attached to an aromatic ring is 1. The standard InChI is InChI=1S/C14H23N3O2/c1-10(7-8-19-4)16-14(18)11-5-6-13(17(2)3)12(15)9-11/h5-6,9-10H,7-8,15H2,1-4H3,(H,16,18). The third-order valence-electron chi connectivity index (χ3n) is 2.90. The van der Waals surface area contributed by atoms with Gasteiger partial charge in [0.05, 0.1) is 11.4 Å². The van der Waals surface area contributed by atoms with Crippen molar-refractivity contribution in [3.8, 4) is 0 Å². The molecule has 1 amide bonds. The highest BCUT2D eigenvalue weighted by Crippen LogP contribution is 2.22. The van der Waals surface area contributed by atoms with Crippen molar-refractivity contribution >= 4 is 17.3 Å². The molecule has 1 aromatic carbocycles. The number of amides is 1. The highest BCUT2D eigenvalue weighted by molar-refractivity contribution is 5.96. The predicted octanol–water partition coefficient (Wildman–Crippen LogP) is 1.49. The molecule has 0 aliphatic heterocycles. The van der Waals surface area contributed by atoms with Crippen LogP contribution in [0, 0.1) is 0 Å². The average molecular weight is 265 g/mol. The van der Waals surface area contributed by atoms with Gasteiger partial charge in [0, 0.05) is 39.4 Å². The molecular weight excluding hydrogens is 242 g/mol. The van der Waals surface area contributed by atoms with Crippen molar-refractivity contribution in [2.24, 2.45) is 0 Å². The SMILES string of the molecule is COCCC(C)NC(=O)c1ccc(N(C)C)c(N)c1. The zero-order valence-corrected chi connectivity index (χ0v) is 12.1. The van der Waals surface area contributed by atoms with Crippen LogP contribution in [0.15, 0.2) is 18.2 Å². The fraction of sp³-hybridized carbons (Fsp3) is 0.500. The second kappa shape index (κ2) is 6.99. The molecule has 1 unspecified atom stereocenters. The van der Waals surface area contributed by atoms with Crippen LogP contribution in [0.25, 0.3) is 0 Å².